The lowest BCUT2D eigenvalue weighted by Crippen LogP contribution is -2.40. The Bertz CT molecular complexity index is 686. The Morgan fingerprint density at radius 3 is 2.09 bits per heavy atom. The van der Waals surface area contributed by atoms with Crippen molar-refractivity contribution in [2.45, 2.75) is 12.8 Å². The number of phenols is 1. The lowest BCUT2D eigenvalue weighted by Gasteiger charge is -2.31. The van der Waals surface area contributed by atoms with Crippen molar-refractivity contribution in [1.82, 2.24) is 4.90 Å². The van der Waals surface area contributed by atoms with Crippen LogP contribution in [-0.4, -0.2) is 34.8 Å². The Labute approximate surface area is 135 Å². The van der Waals surface area contributed by atoms with Gasteiger partial charge in [0.25, 0.3) is 5.91 Å². The van der Waals surface area contributed by atoms with Crippen molar-refractivity contribution in [2.24, 2.45) is 5.92 Å². The van der Waals surface area contributed by atoms with Gasteiger partial charge in [0, 0.05) is 30.1 Å². The molecule has 1 fully saturated rings. The van der Waals surface area contributed by atoms with E-state index in [-0.39, 0.29) is 23.4 Å². The van der Waals surface area contributed by atoms with E-state index in [1.807, 2.05) is 35.2 Å². The highest BCUT2D eigenvalue weighted by Gasteiger charge is 2.28. The molecule has 1 heterocycles. The van der Waals surface area contributed by atoms with Crippen LogP contribution in [0.3, 0.4) is 0 Å². The number of carbonyl (C=O) groups excluding carboxylic acids is 2. The van der Waals surface area contributed by atoms with Crippen molar-refractivity contribution in [3.05, 3.63) is 65.7 Å². The fraction of sp³-hybridized carbons (Fsp3) is 0.263. The molecule has 4 nitrogen and oxygen atoms in total. The van der Waals surface area contributed by atoms with Gasteiger partial charge in [-0.05, 0) is 49.2 Å². The van der Waals surface area contributed by atoms with Crippen molar-refractivity contribution in [1.29, 1.82) is 0 Å². The number of ketones is 1. The first kappa shape index (κ1) is 15.3. The van der Waals surface area contributed by atoms with E-state index >= 15 is 0 Å². The molecule has 0 saturated carbocycles. The van der Waals surface area contributed by atoms with Crippen LogP contribution < -0.4 is 0 Å². The number of hydrogen-bond donors (Lipinski definition) is 1. The fourth-order valence-electron chi connectivity index (χ4n) is 2.97. The molecule has 118 valence electrons. The van der Waals surface area contributed by atoms with Gasteiger partial charge in [-0.1, -0.05) is 18.2 Å². The monoisotopic (exact) mass is 309 g/mol. The maximum absolute atomic E-state index is 12.5. The lowest BCUT2D eigenvalue weighted by atomic mass is 9.88. The molecule has 1 aliphatic rings. The van der Waals surface area contributed by atoms with Crippen LogP contribution in [0.15, 0.2) is 54.6 Å². The minimum atomic E-state index is -0.0561. The third-order valence-corrected chi connectivity index (χ3v) is 4.33. The van der Waals surface area contributed by atoms with Crippen molar-refractivity contribution in [2.75, 3.05) is 13.1 Å². The van der Waals surface area contributed by atoms with Gasteiger partial charge in [-0.3, -0.25) is 9.59 Å². The second kappa shape index (κ2) is 6.65. The Morgan fingerprint density at radius 1 is 0.870 bits per heavy atom. The van der Waals surface area contributed by atoms with E-state index in [1.54, 1.807) is 12.1 Å². The summed E-state index contributed by atoms with van der Waals surface area (Å²) in [6, 6.07) is 15.6. The number of hydrogen-bond acceptors (Lipinski definition) is 3. The van der Waals surface area contributed by atoms with E-state index in [9.17, 15) is 14.7 Å². The highest BCUT2D eigenvalue weighted by molar-refractivity contribution is 5.98. The van der Waals surface area contributed by atoms with Crippen LogP contribution in [0.5, 0.6) is 5.75 Å². The van der Waals surface area contributed by atoms with Gasteiger partial charge in [0.15, 0.2) is 5.78 Å². The van der Waals surface area contributed by atoms with Gasteiger partial charge in [-0.25, -0.2) is 0 Å². The smallest absolute Gasteiger partial charge is 0.253 e. The van der Waals surface area contributed by atoms with E-state index < -0.39 is 0 Å². The van der Waals surface area contributed by atoms with E-state index in [4.69, 9.17) is 0 Å². The predicted octanol–water partition coefficient (Wildman–Crippen LogP) is 3.13. The van der Waals surface area contributed by atoms with Crippen LogP contribution in [0.2, 0.25) is 0 Å². The largest absolute Gasteiger partial charge is 0.508 e. The van der Waals surface area contributed by atoms with Crippen LogP contribution in [0.1, 0.15) is 33.6 Å². The molecular formula is C19H19NO3. The quantitative estimate of drug-likeness (QED) is 0.886. The summed E-state index contributed by atoms with van der Waals surface area (Å²) in [5.74, 6) is 0.224. The van der Waals surface area contributed by atoms with Crippen LogP contribution in [0.4, 0.5) is 0 Å². The molecule has 4 heteroatoms. The van der Waals surface area contributed by atoms with Crippen LogP contribution in [0, 0.1) is 5.92 Å². The van der Waals surface area contributed by atoms with Crippen LogP contribution in [0.25, 0.3) is 0 Å². The molecular weight excluding hydrogens is 290 g/mol. The Balaban J connectivity index is 1.61. The molecule has 1 aliphatic heterocycles. The molecule has 1 amide bonds. The summed E-state index contributed by atoms with van der Waals surface area (Å²) in [6.45, 7) is 1.20. The first-order valence-electron chi connectivity index (χ1n) is 7.83. The molecule has 0 spiro atoms. The number of nitrogens with zero attached hydrogens (tertiary/aromatic N) is 1. The summed E-state index contributed by atoms with van der Waals surface area (Å²) in [4.78, 5) is 26.7. The number of phenolic OH excluding ortho intramolecular Hbond substituents is 1. The van der Waals surface area contributed by atoms with Crippen molar-refractivity contribution in [3.8, 4) is 5.75 Å². The Hall–Kier alpha value is -2.62. The summed E-state index contributed by atoms with van der Waals surface area (Å²) < 4.78 is 0. The highest BCUT2D eigenvalue weighted by atomic mass is 16.3. The molecule has 23 heavy (non-hydrogen) atoms. The van der Waals surface area contributed by atoms with Crippen LogP contribution in [-0.2, 0) is 0 Å². The maximum atomic E-state index is 12.5. The molecule has 2 aromatic rings. The number of piperidine rings is 1. The number of likely N-dealkylation sites (tertiary alicyclic amines) is 1. The minimum Gasteiger partial charge on any atom is -0.508 e. The zero-order chi connectivity index (χ0) is 16.2. The number of aromatic hydroxyl groups is 1. The molecule has 0 aliphatic carbocycles. The van der Waals surface area contributed by atoms with E-state index in [0.717, 1.165) is 0 Å². The molecule has 0 bridgehead atoms. The third kappa shape index (κ3) is 3.42. The van der Waals surface area contributed by atoms with Crippen molar-refractivity contribution >= 4 is 11.7 Å². The van der Waals surface area contributed by atoms with Crippen LogP contribution >= 0.6 is 0 Å². The molecule has 0 atom stereocenters. The number of benzene rings is 2. The van der Waals surface area contributed by atoms with Gasteiger partial charge >= 0.3 is 0 Å². The maximum Gasteiger partial charge on any atom is 0.253 e. The molecule has 1 saturated heterocycles. The number of carbonyl (C=O) groups is 2. The second-order valence-corrected chi connectivity index (χ2v) is 5.84. The topological polar surface area (TPSA) is 57.6 Å². The SMILES string of the molecule is O=C(c1ccc(O)cc1)C1CCN(C(=O)c2ccccc2)CC1. The summed E-state index contributed by atoms with van der Waals surface area (Å²) in [5, 5.41) is 9.30. The molecule has 3 rings (SSSR count). The highest BCUT2D eigenvalue weighted by Crippen LogP contribution is 2.23. The summed E-state index contributed by atoms with van der Waals surface area (Å²) in [5.41, 5.74) is 1.31. The molecule has 0 unspecified atom stereocenters. The van der Waals surface area contributed by atoms with Gasteiger partial charge in [0.2, 0.25) is 0 Å². The van der Waals surface area contributed by atoms with Crippen molar-refractivity contribution < 1.29 is 14.7 Å². The average Bonchev–Trinajstić information content (AvgIpc) is 2.62. The molecule has 2 aromatic carbocycles. The summed E-state index contributed by atoms with van der Waals surface area (Å²) in [6.07, 6.45) is 1.36. The van der Waals surface area contributed by atoms with E-state index in [2.05, 4.69) is 0 Å². The number of amides is 1. The number of rotatable bonds is 3. The standard InChI is InChI=1S/C19H19NO3/c21-17-8-6-14(7-9-17)18(22)15-10-12-20(13-11-15)19(23)16-4-2-1-3-5-16/h1-9,15,21H,10-13H2. The average molecular weight is 309 g/mol. The van der Waals surface area contributed by atoms with Gasteiger partial charge in [0.05, 0.1) is 0 Å². The summed E-state index contributed by atoms with van der Waals surface area (Å²) >= 11 is 0. The van der Waals surface area contributed by atoms with Gasteiger partial charge in [-0.15, -0.1) is 0 Å². The first-order chi connectivity index (χ1) is 11.1. The predicted molar refractivity (Wildman–Crippen MR) is 87.5 cm³/mol. The lowest BCUT2D eigenvalue weighted by molar-refractivity contribution is 0.0650. The third-order valence-electron chi connectivity index (χ3n) is 4.33. The van der Waals surface area contributed by atoms with Gasteiger partial charge < -0.3 is 10.0 Å². The normalized spacial score (nSPS) is 15.4. The zero-order valence-electron chi connectivity index (χ0n) is 12.8. The van der Waals surface area contributed by atoms with E-state index in [0.29, 0.717) is 37.1 Å². The van der Waals surface area contributed by atoms with Gasteiger partial charge in [0.1, 0.15) is 5.75 Å². The van der Waals surface area contributed by atoms with Crippen molar-refractivity contribution in [3.63, 3.8) is 0 Å². The minimum absolute atomic E-state index is 0.0288. The second-order valence-electron chi connectivity index (χ2n) is 5.84. The molecule has 1 N–H and O–H groups in total. The molecule has 0 radical (unpaired) electrons. The Morgan fingerprint density at radius 2 is 1.48 bits per heavy atom. The first-order valence-corrected chi connectivity index (χ1v) is 7.83. The molecule has 0 aromatic heterocycles. The van der Waals surface area contributed by atoms with Gasteiger partial charge in [-0.2, -0.15) is 0 Å². The van der Waals surface area contributed by atoms with E-state index in [1.165, 1.54) is 12.1 Å². The zero-order valence-corrected chi connectivity index (χ0v) is 12.8. The Kier molecular flexibility index (Phi) is 4.42. The number of Topliss-reactive ketones (excluding diaryl/α,β-unsaturated/α-hetero) is 1. The summed E-state index contributed by atoms with van der Waals surface area (Å²) in [7, 11) is 0. The fourth-order valence-corrected chi connectivity index (χ4v) is 2.97.